The zero-order chi connectivity index (χ0) is 18.3. The van der Waals surface area contributed by atoms with Crippen LogP contribution in [0.2, 0.25) is 0 Å². The van der Waals surface area contributed by atoms with Crippen molar-refractivity contribution in [2.45, 2.75) is 18.6 Å². The van der Waals surface area contributed by atoms with E-state index in [4.69, 9.17) is 10.00 Å². The van der Waals surface area contributed by atoms with Crippen LogP contribution in [-0.2, 0) is 4.74 Å². The molecule has 3 fully saturated rings. The topological polar surface area (TPSA) is 99.3 Å². The molecule has 3 saturated heterocycles. The standard InChI is InChI=1S/C16H24N6O3S/c1-25-15-10-20(11-15)16-8-13(2-4-18-16)21-6-7-22(26(21,23)24)14-3-5-19(9-14)12-17/h2,4,8,14-15,23-24H,3,5-7,9-11H2,1H3. The molecule has 9 nitrogen and oxygen atoms in total. The Morgan fingerprint density at radius 2 is 2.08 bits per heavy atom. The summed E-state index contributed by atoms with van der Waals surface area (Å²) in [6.45, 7) is 3.91. The first-order valence-corrected chi connectivity index (χ1v) is 10.2. The van der Waals surface area contributed by atoms with Gasteiger partial charge >= 0.3 is 0 Å². The minimum absolute atomic E-state index is 0.0104. The number of nitriles is 1. The van der Waals surface area contributed by atoms with E-state index >= 15 is 0 Å². The van der Waals surface area contributed by atoms with E-state index in [1.165, 1.54) is 0 Å². The minimum Gasteiger partial charge on any atom is -0.378 e. The number of aromatic nitrogens is 1. The van der Waals surface area contributed by atoms with E-state index in [0.29, 0.717) is 26.2 Å². The lowest BCUT2D eigenvalue weighted by atomic mass is 10.1. The summed E-state index contributed by atoms with van der Waals surface area (Å²) in [4.78, 5) is 8.18. The van der Waals surface area contributed by atoms with Gasteiger partial charge in [0.25, 0.3) is 0 Å². The van der Waals surface area contributed by atoms with Crippen LogP contribution >= 0.6 is 11.0 Å². The highest BCUT2D eigenvalue weighted by Crippen LogP contribution is 2.55. The number of likely N-dealkylation sites (tertiary alicyclic amines) is 1. The molecule has 1 unspecified atom stereocenters. The molecule has 1 aromatic rings. The van der Waals surface area contributed by atoms with E-state index in [1.807, 2.05) is 12.1 Å². The smallest absolute Gasteiger partial charge is 0.179 e. The molecule has 0 aromatic carbocycles. The molecule has 4 heterocycles. The zero-order valence-corrected chi connectivity index (χ0v) is 15.5. The summed E-state index contributed by atoms with van der Waals surface area (Å²) in [6.07, 6.45) is 4.85. The quantitative estimate of drug-likeness (QED) is 0.746. The summed E-state index contributed by atoms with van der Waals surface area (Å²) in [6, 6.07) is 3.70. The first kappa shape index (κ1) is 17.6. The van der Waals surface area contributed by atoms with Crippen molar-refractivity contribution in [2.75, 3.05) is 55.6 Å². The second-order valence-corrected chi connectivity index (χ2v) is 8.75. The molecule has 1 aromatic heterocycles. The van der Waals surface area contributed by atoms with Crippen molar-refractivity contribution in [3.63, 3.8) is 0 Å². The van der Waals surface area contributed by atoms with Gasteiger partial charge in [-0.1, -0.05) is 11.0 Å². The second kappa shape index (κ2) is 6.75. The Balaban J connectivity index is 1.49. The van der Waals surface area contributed by atoms with Gasteiger partial charge in [0.1, 0.15) is 5.82 Å². The maximum absolute atomic E-state index is 10.9. The van der Waals surface area contributed by atoms with Crippen LogP contribution in [0, 0.1) is 11.5 Å². The summed E-state index contributed by atoms with van der Waals surface area (Å²) in [7, 11) is -1.38. The molecule has 3 aliphatic heterocycles. The average molecular weight is 380 g/mol. The van der Waals surface area contributed by atoms with E-state index in [1.54, 1.807) is 26.8 Å². The van der Waals surface area contributed by atoms with Crippen LogP contribution in [0.5, 0.6) is 0 Å². The maximum atomic E-state index is 10.9. The van der Waals surface area contributed by atoms with Gasteiger partial charge in [-0.05, 0) is 12.5 Å². The molecule has 0 bridgehead atoms. The number of pyridine rings is 1. The fourth-order valence-corrected chi connectivity index (χ4v) is 5.67. The number of anilines is 2. The monoisotopic (exact) mass is 380 g/mol. The Morgan fingerprint density at radius 3 is 2.77 bits per heavy atom. The summed E-state index contributed by atoms with van der Waals surface area (Å²) in [5.41, 5.74) is 0.758. The van der Waals surface area contributed by atoms with Crippen LogP contribution in [0.25, 0.3) is 0 Å². The summed E-state index contributed by atoms with van der Waals surface area (Å²) < 4.78 is 30.5. The number of methoxy groups -OCH3 is 1. The summed E-state index contributed by atoms with van der Waals surface area (Å²) in [5.74, 6) is 0.820. The largest absolute Gasteiger partial charge is 0.378 e. The van der Waals surface area contributed by atoms with Crippen molar-refractivity contribution >= 4 is 22.5 Å². The maximum Gasteiger partial charge on any atom is 0.179 e. The number of hydrogen-bond acceptors (Lipinski definition) is 9. The van der Waals surface area contributed by atoms with Crippen molar-refractivity contribution < 1.29 is 13.8 Å². The summed E-state index contributed by atoms with van der Waals surface area (Å²) in [5, 5.41) is 9.04. The summed E-state index contributed by atoms with van der Waals surface area (Å²) >= 11 is 0. The number of nitrogens with zero attached hydrogens (tertiary/aromatic N) is 6. The fraction of sp³-hybridized carbons (Fsp3) is 0.625. The van der Waals surface area contributed by atoms with Crippen LogP contribution in [-0.4, -0.2) is 81.8 Å². The van der Waals surface area contributed by atoms with Gasteiger partial charge in [-0.3, -0.25) is 13.4 Å². The molecule has 2 N–H and O–H groups in total. The lowest BCUT2D eigenvalue weighted by Gasteiger charge is -2.45. The normalized spacial score (nSPS) is 27.5. The third kappa shape index (κ3) is 2.95. The molecule has 0 saturated carbocycles. The Kier molecular flexibility index (Phi) is 4.58. The van der Waals surface area contributed by atoms with Crippen molar-refractivity contribution in [2.24, 2.45) is 0 Å². The lowest BCUT2D eigenvalue weighted by Crippen LogP contribution is -2.52. The minimum atomic E-state index is -3.08. The van der Waals surface area contributed by atoms with Gasteiger partial charge in [0, 0.05) is 52.1 Å². The Bertz CT molecular complexity index is 707. The second-order valence-electron chi connectivity index (χ2n) is 6.86. The van der Waals surface area contributed by atoms with Crippen molar-refractivity contribution in [1.82, 2.24) is 14.2 Å². The highest BCUT2D eigenvalue weighted by atomic mass is 32.3. The van der Waals surface area contributed by atoms with E-state index in [9.17, 15) is 9.11 Å². The Hall–Kier alpha value is -1.77. The highest BCUT2D eigenvalue weighted by molar-refractivity contribution is 8.23. The third-order valence-electron chi connectivity index (χ3n) is 5.37. The van der Waals surface area contributed by atoms with E-state index in [-0.39, 0.29) is 12.1 Å². The molecule has 0 radical (unpaired) electrons. The van der Waals surface area contributed by atoms with E-state index in [0.717, 1.165) is 31.0 Å². The molecule has 1 atom stereocenters. The molecule has 0 amide bonds. The van der Waals surface area contributed by atoms with Gasteiger partial charge in [-0.25, -0.2) is 4.98 Å². The van der Waals surface area contributed by atoms with Gasteiger partial charge in [-0.2, -0.15) is 9.57 Å². The molecule has 10 heteroatoms. The van der Waals surface area contributed by atoms with Gasteiger partial charge in [-0.15, -0.1) is 0 Å². The molecule has 3 aliphatic rings. The third-order valence-corrected chi connectivity index (χ3v) is 7.46. The predicted molar refractivity (Wildman–Crippen MR) is 99.7 cm³/mol. The number of ether oxygens (including phenoxy) is 1. The molecule has 26 heavy (non-hydrogen) atoms. The molecular formula is C16H24N6O3S. The lowest BCUT2D eigenvalue weighted by molar-refractivity contribution is 0.0783. The van der Waals surface area contributed by atoms with Crippen LogP contribution in [0.15, 0.2) is 18.3 Å². The van der Waals surface area contributed by atoms with Crippen molar-refractivity contribution in [3.05, 3.63) is 18.3 Å². The van der Waals surface area contributed by atoms with E-state index < -0.39 is 11.0 Å². The number of hydrogen-bond donors (Lipinski definition) is 2. The highest BCUT2D eigenvalue weighted by Gasteiger charge is 2.43. The van der Waals surface area contributed by atoms with Gasteiger partial charge < -0.3 is 14.5 Å². The van der Waals surface area contributed by atoms with Crippen LogP contribution in [0.3, 0.4) is 0 Å². The fourth-order valence-electron chi connectivity index (χ4n) is 3.79. The van der Waals surface area contributed by atoms with E-state index in [2.05, 4.69) is 16.1 Å². The Morgan fingerprint density at radius 1 is 1.27 bits per heavy atom. The average Bonchev–Trinajstić information content (AvgIpc) is 3.17. The van der Waals surface area contributed by atoms with Gasteiger partial charge in [0.15, 0.2) is 6.19 Å². The molecular weight excluding hydrogens is 356 g/mol. The van der Waals surface area contributed by atoms with Crippen LogP contribution < -0.4 is 9.21 Å². The molecule has 4 rings (SSSR count). The van der Waals surface area contributed by atoms with Gasteiger partial charge in [0.05, 0.1) is 24.4 Å². The van der Waals surface area contributed by atoms with Crippen LogP contribution in [0.4, 0.5) is 11.5 Å². The molecule has 0 aliphatic carbocycles. The molecule has 0 spiro atoms. The van der Waals surface area contributed by atoms with Gasteiger partial charge in [0.2, 0.25) is 0 Å². The number of rotatable bonds is 4. The zero-order valence-electron chi connectivity index (χ0n) is 14.7. The van der Waals surface area contributed by atoms with Crippen molar-refractivity contribution in [3.8, 4) is 6.19 Å². The predicted octanol–water partition coefficient (Wildman–Crippen LogP) is 1.17. The Labute approximate surface area is 155 Å². The SMILES string of the molecule is COC1CN(c2cc(N3CCN(C4CCN(C#N)C4)S3(O)O)ccn2)C1. The first-order chi connectivity index (χ1) is 12.5. The van der Waals surface area contributed by atoms with Crippen LogP contribution in [0.1, 0.15) is 6.42 Å². The first-order valence-electron chi connectivity index (χ1n) is 8.74. The van der Waals surface area contributed by atoms with Crippen molar-refractivity contribution in [1.29, 1.82) is 5.26 Å². The molecule has 142 valence electrons.